The molecule has 0 fully saturated rings. The number of pyridine rings is 1. The SMILES string of the molecule is CC(C)CCn1c(C(C)C)ccc(CCC(=O)O)c1=O. The Bertz CT molecular complexity index is 515. The Morgan fingerprint density at radius 1 is 1.25 bits per heavy atom. The molecule has 0 saturated heterocycles. The van der Waals surface area contributed by atoms with Crippen molar-refractivity contribution in [3.8, 4) is 0 Å². The molecule has 0 amide bonds. The minimum Gasteiger partial charge on any atom is -0.481 e. The summed E-state index contributed by atoms with van der Waals surface area (Å²) in [7, 11) is 0. The molecule has 1 aromatic rings. The van der Waals surface area contributed by atoms with Crippen molar-refractivity contribution in [3.63, 3.8) is 0 Å². The van der Waals surface area contributed by atoms with Crippen LogP contribution in [0, 0.1) is 5.92 Å². The van der Waals surface area contributed by atoms with E-state index in [-0.39, 0.29) is 17.9 Å². The van der Waals surface area contributed by atoms with Crippen LogP contribution in [-0.2, 0) is 17.8 Å². The van der Waals surface area contributed by atoms with Gasteiger partial charge in [-0.1, -0.05) is 33.8 Å². The minimum absolute atomic E-state index is 0.000442. The lowest BCUT2D eigenvalue weighted by Gasteiger charge is -2.18. The molecule has 1 N–H and O–H groups in total. The first-order valence-corrected chi connectivity index (χ1v) is 7.27. The number of rotatable bonds is 7. The van der Waals surface area contributed by atoms with Crippen LogP contribution in [0.15, 0.2) is 16.9 Å². The van der Waals surface area contributed by atoms with Gasteiger partial charge in [-0.3, -0.25) is 9.59 Å². The van der Waals surface area contributed by atoms with Crippen LogP contribution in [0.4, 0.5) is 0 Å². The fourth-order valence-electron chi connectivity index (χ4n) is 2.19. The first-order chi connectivity index (χ1) is 9.32. The standard InChI is InChI=1S/C16H25NO3/c1-11(2)9-10-17-14(12(3)4)7-5-13(16(17)20)6-8-15(18)19/h5,7,11-12H,6,8-10H2,1-4H3,(H,18,19). The minimum atomic E-state index is -0.869. The largest absolute Gasteiger partial charge is 0.481 e. The van der Waals surface area contributed by atoms with E-state index in [1.54, 1.807) is 6.07 Å². The highest BCUT2D eigenvalue weighted by Gasteiger charge is 2.12. The van der Waals surface area contributed by atoms with Crippen molar-refractivity contribution < 1.29 is 9.90 Å². The lowest BCUT2D eigenvalue weighted by Crippen LogP contribution is -2.28. The Kier molecular flexibility index (Phi) is 5.99. The van der Waals surface area contributed by atoms with Gasteiger partial charge in [-0.2, -0.15) is 0 Å². The number of aromatic nitrogens is 1. The Morgan fingerprint density at radius 2 is 1.90 bits per heavy atom. The van der Waals surface area contributed by atoms with Gasteiger partial charge in [0.1, 0.15) is 0 Å². The van der Waals surface area contributed by atoms with Gasteiger partial charge in [0.15, 0.2) is 0 Å². The predicted molar refractivity (Wildman–Crippen MR) is 80.2 cm³/mol. The molecular formula is C16H25NO3. The van der Waals surface area contributed by atoms with Crippen LogP contribution in [-0.4, -0.2) is 15.6 Å². The Labute approximate surface area is 120 Å². The zero-order valence-corrected chi connectivity index (χ0v) is 12.8. The molecule has 20 heavy (non-hydrogen) atoms. The van der Waals surface area contributed by atoms with Gasteiger partial charge in [0.2, 0.25) is 0 Å². The van der Waals surface area contributed by atoms with Gasteiger partial charge >= 0.3 is 5.97 Å². The second-order valence-corrected chi connectivity index (χ2v) is 5.97. The summed E-state index contributed by atoms with van der Waals surface area (Å²) in [6, 6.07) is 3.75. The maximum atomic E-state index is 12.5. The lowest BCUT2D eigenvalue weighted by molar-refractivity contribution is -0.136. The normalized spacial score (nSPS) is 11.3. The molecule has 1 rings (SSSR count). The number of nitrogens with zero attached hydrogens (tertiary/aromatic N) is 1. The van der Waals surface area contributed by atoms with E-state index in [0.29, 0.717) is 24.4 Å². The number of hydrogen-bond donors (Lipinski definition) is 1. The third-order valence-corrected chi connectivity index (χ3v) is 3.42. The summed E-state index contributed by atoms with van der Waals surface area (Å²) < 4.78 is 1.82. The number of aryl methyl sites for hydroxylation is 1. The molecule has 0 bridgehead atoms. The summed E-state index contributed by atoms with van der Waals surface area (Å²) in [5, 5.41) is 8.75. The van der Waals surface area contributed by atoms with E-state index >= 15 is 0 Å². The molecule has 0 spiro atoms. The molecule has 0 unspecified atom stereocenters. The van der Waals surface area contributed by atoms with Crippen LogP contribution in [0.5, 0.6) is 0 Å². The van der Waals surface area contributed by atoms with Crippen molar-refractivity contribution in [1.82, 2.24) is 4.57 Å². The highest BCUT2D eigenvalue weighted by molar-refractivity contribution is 5.67. The van der Waals surface area contributed by atoms with Crippen molar-refractivity contribution in [3.05, 3.63) is 33.7 Å². The fraction of sp³-hybridized carbons (Fsp3) is 0.625. The fourth-order valence-corrected chi connectivity index (χ4v) is 2.19. The summed E-state index contributed by atoms with van der Waals surface area (Å²) in [4.78, 5) is 23.1. The van der Waals surface area contributed by atoms with Gasteiger partial charge in [0.05, 0.1) is 0 Å². The van der Waals surface area contributed by atoms with Gasteiger partial charge in [-0.15, -0.1) is 0 Å². The summed E-state index contributed by atoms with van der Waals surface area (Å²) in [6.07, 6.45) is 1.25. The first-order valence-electron chi connectivity index (χ1n) is 7.27. The molecular weight excluding hydrogens is 254 g/mol. The van der Waals surface area contributed by atoms with E-state index in [1.807, 2.05) is 10.6 Å². The third-order valence-electron chi connectivity index (χ3n) is 3.42. The number of carboxylic acid groups (broad SMARTS) is 1. The molecule has 0 saturated carbocycles. The van der Waals surface area contributed by atoms with E-state index in [0.717, 1.165) is 12.1 Å². The average molecular weight is 279 g/mol. The quantitative estimate of drug-likeness (QED) is 0.834. The maximum Gasteiger partial charge on any atom is 0.303 e. The Hall–Kier alpha value is -1.58. The number of carboxylic acids is 1. The van der Waals surface area contributed by atoms with E-state index in [1.165, 1.54) is 0 Å². The second kappa shape index (κ2) is 7.27. The summed E-state index contributed by atoms with van der Waals surface area (Å²) >= 11 is 0. The van der Waals surface area contributed by atoms with Gasteiger partial charge in [0.25, 0.3) is 5.56 Å². The molecule has 0 aliphatic carbocycles. The molecule has 0 aliphatic heterocycles. The van der Waals surface area contributed by atoms with Gasteiger partial charge in [0, 0.05) is 24.2 Å². The third kappa shape index (κ3) is 4.51. The predicted octanol–water partition coefficient (Wildman–Crippen LogP) is 3.04. The van der Waals surface area contributed by atoms with Crippen LogP contribution in [0.2, 0.25) is 0 Å². The molecule has 112 valence electrons. The van der Waals surface area contributed by atoms with E-state index in [2.05, 4.69) is 27.7 Å². The molecule has 0 atom stereocenters. The number of carbonyl (C=O) groups is 1. The van der Waals surface area contributed by atoms with Crippen molar-refractivity contribution in [2.45, 2.75) is 59.4 Å². The second-order valence-electron chi connectivity index (χ2n) is 5.97. The highest BCUT2D eigenvalue weighted by Crippen LogP contribution is 2.15. The molecule has 4 nitrogen and oxygen atoms in total. The molecule has 0 aliphatic rings. The molecule has 1 aromatic heterocycles. The van der Waals surface area contributed by atoms with Gasteiger partial charge in [-0.25, -0.2) is 0 Å². The molecule has 1 heterocycles. The highest BCUT2D eigenvalue weighted by atomic mass is 16.4. The van der Waals surface area contributed by atoms with Crippen molar-refractivity contribution >= 4 is 5.97 Å². The van der Waals surface area contributed by atoms with Gasteiger partial charge in [-0.05, 0) is 30.7 Å². The van der Waals surface area contributed by atoms with Crippen molar-refractivity contribution in [1.29, 1.82) is 0 Å². The van der Waals surface area contributed by atoms with E-state index < -0.39 is 5.97 Å². The van der Waals surface area contributed by atoms with Crippen LogP contribution in [0.1, 0.15) is 57.7 Å². The molecule has 0 radical (unpaired) electrons. The first kappa shape index (κ1) is 16.5. The lowest BCUT2D eigenvalue weighted by atomic mass is 10.0. The van der Waals surface area contributed by atoms with E-state index in [9.17, 15) is 9.59 Å². The van der Waals surface area contributed by atoms with Crippen molar-refractivity contribution in [2.75, 3.05) is 0 Å². The smallest absolute Gasteiger partial charge is 0.303 e. The summed E-state index contributed by atoms with van der Waals surface area (Å²) in [5.41, 5.74) is 1.59. The van der Waals surface area contributed by atoms with Crippen LogP contribution in [0.3, 0.4) is 0 Å². The monoisotopic (exact) mass is 279 g/mol. The topological polar surface area (TPSA) is 59.3 Å². The zero-order chi connectivity index (χ0) is 15.3. The zero-order valence-electron chi connectivity index (χ0n) is 12.8. The van der Waals surface area contributed by atoms with Crippen LogP contribution in [0.25, 0.3) is 0 Å². The number of hydrogen-bond acceptors (Lipinski definition) is 2. The summed E-state index contributed by atoms with van der Waals surface area (Å²) in [5.74, 6) is -0.0564. The van der Waals surface area contributed by atoms with Gasteiger partial charge < -0.3 is 9.67 Å². The molecule has 0 aromatic carbocycles. The van der Waals surface area contributed by atoms with E-state index in [4.69, 9.17) is 5.11 Å². The maximum absolute atomic E-state index is 12.5. The van der Waals surface area contributed by atoms with Crippen LogP contribution >= 0.6 is 0 Å². The van der Waals surface area contributed by atoms with Crippen molar-refractivity contribution in [2.24, 2.45) is 5.92 Å². The summed E-state index contributed by atoms with van der Waals surface area (Å²) in [6.45, 7) is 9.10. The Morgan fingerprint density at radius 3 is 2.40 bits per heavy atom. The van der Waals surface area contributed by atoms with Crippen LogP contribution < -0.4 is 5.56 Å². The average Bonchev–Trinajstić information content (AvgIpc) is 2.34. The molecule has 4 heteroatoms. The Balaban J connectivity index is 3.10. The number of aliphatic carboxylic acids is 1.